The van der Waals surface area contributed by atoms with Crippen molar-refractivity contribution < 1.29 is 0 Å². The first-order valence-corrected chi connectivity index (χ1v) is 12.4. The molecule has 0 heterocycles. The van der Waals surface area contributed by atoms with Crippen molar-refractivity contribution in [2.24, 2.45) is 5.92 Å². The van der Waals surface area contributed by atoms with E-state index in [4.69, 9.17) is 0 Å². The lowest BCUT2D eigenvalue weighted by atomic mass is 9.80. The van der Waals surface area contributed by atoms with Gasteiger partial charge in [0.15, 0.2) is 0 Å². The lowest BCUT2D eigenvalue weighted by Gasteiger charge is -2.25. The van der Waals surface area contributed by atoms with Gasteiger partial charge in [-0.1, -0.05) is 123 Å². The molecule has 0 N–H and O–H groups in total. The first kappa shape index (κ1) is 24.5. The average molecular weight is 435 g/mol. The van der Waals surface area contributed by atoms with E-state index in [9.17, 15) is 0 Å². The molecule has 2 aromatic carbocycles. The first-order valence-electron chi connectivity index (χ1n) is 12.4. The van der Waals surface area contributed by atoms with Gasteiger partial charge in [0.05, 0.1) is 0 Å². The Morgan fingerprint density at radius 2 is 1.58 bits per heavy atom. The molecule has 0 heteroatoms. The second-order valence-electron chi connectivity index (χ2n) is 8.61. The van der Waals surface area contributed by atoms with Crippen LogP contribution in [0.4, 0.5) is 0 Å². The molecule has 0 saturated heterocycles. The second kappa shape index (κ2) is 12.8. The summed E-state index contributed by atoms with van der Waals surface area (Å²) in [5.41, 5.74) is 9.74. The van der Waals surface area contributed by atoms with Crippen LogP contribution in [-0.2, 0) is 0 Å². The molecule has 33 heavy (non-hydrogen) atoms. The highest BCUT2D eigenvalue weighted by Gasteiger charge is 2.20. The minimum atomic E-state index is 0.448. The second-order valence-corrected chi connectivity index (χ2v) is 8.61. The fourth-order valence-corrected chi connectivity index (χ4v) is 4.83. The molecule has 0 fully saturated rings. The van der Waals surface area contributed by atoms with Gasteiger partial charge in [0.25, 0.3) is 0 Å². The summed E-state index contributed by atoms with van der Waals surface area (Å²) in [6.45, 7) is 8.97. The Balaban J connectivity index is 2.28. The lowest BCUT2D eigenvalue weighted by Crippen LogP contribution is -2.07. The van der Waals surface area contributed by atoms with Gasteiger partial charge in [-0.25, -0.2) is 0 Å². The summed E-state index contributed by atoms with van der Waals surface area (Å²) in [7, 11) is 0. The molecule has 0 saturated carbocycles. The van der Waals surface area contributed by atoms with Crippen LogP contribution in [0.5, 0.6) is 0 Å². The maximum atomic E-state index is 2.37. The van der Waals surface area contributed by atoms with Gasteiger partial charge in [-0.15, -0.1) is 0 Å². The van der Waals surface area contributed by atoms with Gasteiger partial charge >= 0.3 is 0 Å². The predicted molar refractivity (Wildman–Crippen MR) is 147 cm³/mol. The normalized spacial score (nSPS) is 17.8. The van der Waals surface area contributed by atoms with Crippen LogP contribution in [0.15, 0.2) is 120 Å². The van der Waals surface area contributed by atoms with Crippen molar-refractivity contribution in [3.63, 3.8) is 0 Å². The van der Waals surface area contributed by atoms with E-state index in [1.165, 1.54) is 39.0 Å². The standard InChI is InChI=1S/C33H38/c1-5-17-27(18-6-2)25-32(29-21-13-9-14-22-29)26(4)33(30-23-15-10-16-24-30)31(7-3)28-19-11-8-12-20-28/h5,8-19,21-24,28H,6-7,20,25H2,1-4H3/b17-5-,27-18+,32-26+,33-31-. The SMILES string of the molecule is C/C=C\C(=C/CC)C/C(=C(C)\C(=C(/CC)C1C=CC=CC1)c1ccccc1)c1ccccc1. The number of hydrogen-bond donors (Lipinski definition) is 0. The smallest absolute Gasteiger partial charge is 0.00237 e. The lowest BCUT2D eigenvalue weighted by molar-refractivity contribution is 0.735. The summed E-state index contributed by atoms with van der Waals surface area (Å²) in [5.74, 6) is 0.448. The Hall–Kier alpha value is -3.12. The fraction of sp³-hybridized carbons (Fsp3) is 0.273. The maximum absolute atomic E-state index is 2.37. The van der Waals surface area contributed by atoms with Crippen LogP contribution in [0.2, 0.25) is 0 Å². The van der Waals surface area contributed by atoms with E-state index in [1.54, 1.807) is 0 Å². The molecular formula is C33H38. The quantitative estimate of drug-likeness (QED) is 0.344. The van der Waals surface area contributed by atoms with E-state index in [-0.39, 0.29) is 0 Å². The summed E-state index contributed by atoms with van der Waals surface area (Å²) >= 11 is 0. The van der Waals surface area contributed by atoms with Crippen LogP contribution in [-0.4, -0.2) is 0 Å². The third-order valence-corrected chi connectivity index (χ3v) is 6.37. The molecule has 0 spiro atoms. The van der Waals surface area contributed by atoms with Gasteiger partial charge in [-0.2, -0.15) is 0 Å². The number of hydrogen-bond acceptors (Lipinski definition) is 0. The Morgan fingerprint density at radius 3 is 2.12 bits per heavy atom. The molecule has 0 bridgehead atoms. The Morgan fingerprint density at radius 1 is 0.909 bits per heavy atom. The van der Waals surface area contributed by atoms with Gasteiger partial charge in [0.2, 0.25) is 0 Å². The molecule has 0 aliphatic heterocycles. The highest BCUT2D eigenvalue weighted by molar-refractivity contribution is 5.91. The monoisotopic (exact) mass is 434 g/mol. The number of allylic oxidation sites excluding steroid dienone is 12. The van der Waals surface area contributed by atoms with Crippen molar-refractivity contribution >= 4 is 11.1 Å². The zero-order valence-electron chi connectivity index (χ0n) is 20.7. The van der Waals surface area contributed by atoms with Gasteiger partial charge in [-0.3, -0.25) is 0 Å². The van der Waals surface area contributed by atoms with E-state index in [0.29, 0.717) is 5.92 Å². The summed E-state index contributed by atoms with van der Waals surface area (Å²) in [6.07, 6.45) is 19.9. The molecule has 1 aliphatic rings. The largest absolute Gasteiger partial charge is 0.0874 e. The fourth-order valence-electron chi connectivity index (χ4n) is 4.83. The highest BCUT2D eigenvalue weighted by atomic mass is 14.2. The van der Waals surface area contributed by atoms with Gasteiger partial charge in [0.1, 0.15) is 0 Å². The minimum Gasteiger partial charge on any atom is -0.0874 e. The van der Waals surface area contributed by atoms with Crippen molar-refractivity contribution in [2.45, 2.75) is 53.4 Å². The number of benzene rings is 2. The first-order chi connectivity index (χ1) is 16.2. The van der Waals surface area contributed by atoms with Crippen molar-refractivity contribution in [1.82, 2.24) is 0 Å². The minimum absolute atomic E-state index is 0.448. The maximum Gasteiger partial charge on any atom is 0.00237 e. The van der Waals surface area contributed by atoms with Gasteiger partial charge in [-0.05, 0) is 73.0 Å². The predicted octanol–water partition coefficient (Wildman–Crippen LogP) is 9.76. The van der Waals surface area contributed by atoms with Gasteiger partial charge < -0.3 is 0 Å². The summed E-state index contributed by atoms with van der Waals surface area (Å²) < 4.78 is 0. The van der Waals surface area contributed by atoms with Crippen molar-refractivity contribution in [1.29, 1.82) is 0 Å². The average Bonchev–Trinajstić information content (AvgIpc) is 2.87. The molecule has 170 valence electrons. The van der Waals surface area contributed by atoms with Gasteiger partial charge in [0, 0.05) is 5.92 Å². The topological polar surface area (TPSA) is 0 Å². The zero-order valence-corrected chi connectivity index (χ0v) is 20.7. The van der Waals surface area contributed by atoms with E-state index in [0.717, 1.165) is 25.7 Å². The summed E-state index contributed by atoms with van der Waals surface area (Å²) in [6, 6.07) is 21.9. The molecule has 3 rings (SSSR count). The molecule has 1 unspecified atom stereocenters. The Bertz CT molecular complexity index is 1070. The van der Waals surface area contributed by atoms with Crippen LogP contribution < -0.4 is 0 Å². The van der Waals surface area contributed by atoms with Crippen LogP contribution in [0.3, 0.4) is 0 Å². The van der Waals surface area contributed by atoms with E-state index < -0.39 is 0 Å². The summed E-state index contributed by atoms with van der Waals surface area (Å²) in [5, 5.41) is 0. The Kier molecular flexibility index (Phi) is 9.51. The zero-order chi connectivity index (χ0) is 23.5. The molecule has 0 aromatic heterocycles. The highest BCUT2D eigenvalue weighted by Crippen LogP contribution is 2.40. The number of rotatable bonds is 9. The van der Waals surface area contributed by atoms with E-state index in [1.807, 2.05) is 0 Å². The molecule has 0 amide bonds. The van der Waals surface area contributed by atoms with E-state index >= 15 is 0 Å². The molecular weight excluding hydrogens is 396 g/mol. The van der Waals surface area contributed by atoms with Crippen LogP contribution in [0.25, 0.3) is 11.1 Å². The van der Waals surface area contributed by atoms with Crippen molar-refractivity contribution in [3.05, 3.63) is 131 Å². The van der Waals surface area contributed by atoms with Crippen molar-refractivity contribution in [2.75, 3.05) is 0 Å². The van der Waals surface area contributed by atoms with Crippen LogP contribution in [0, 0.1) is 5.92 Å². The third-order valence-electron chi connectivity index (χ3n) is 6.37. The van der Waals surface area contributed by atoms with Crippen LogP contribution in [0.1, 0.15) is 64.5 Å². The molecule has 0 nitrogen and oxygen atoms in total. The molecule has 0 radical (unpaired) electrons. The summed E-state index contributed by atoms with van der Waals surface area (Å²) in [4.78, 5) is 0. The molecule has 1 atom stereocenters. The Labute approximate surface area is 201 Å². The third kappa shape index (κ3) is 6.45. The molecule has 2 aromatic rings. The molecule has 1 aliphatic carbocycles. The van der Waals surface area contributed by atoms with Crippen molar-refractivity contribution in [3.8, 4) is 0 Å². The van der Waals surface area contributed by atoms with Crippen LogP contribution >= 0.6 is 0 Å². The van der Waals surface area contributed by atoms with E-state index in [2.05, 4.69) is 131 Å².